The predicted octanol–water partition coefficient (Wildman–Crippen LogP) is 4.53. The van der Waals surface area contributed by atoms with Crippen molar-refractivity contribution in [3.63, 3.8) is 0 Å². The quantitative estimate of drug-likeness (QED) is 0.562. The molecule has 0 unspecified atom stereocenters. The van der Waals surface area contributed by atoms with Crippen LogP contribution in [0, 0.1) is 5.92 Å². The zero-order valence-electron chi connectivity index (χ0n) is 16.4. The van der Waals surface area contributed by atoms with E-state index < -0.39 is 6.10 Å². The second-order valence-electron chi connectivity index (χ2n) is 7.62. The molecule has 0 amide bonds. The zero-order chi connectivity index (χ0) is 20.3. The van der Waals surface area contributed by atoms with Gasteiger partial charge in [0.05, 0.1) is 18.0 Å². The second-order valence-corrected chi connectivity index (χ2v) is 8.91. The van der Waals surface area contributed by atoms with Crippen molar-refractivity contribution in [1.29, 1.82) is 0 Å². The Morgan fingerprint density at radius 2 is 1.96 bits per heavy atom. The summed E-state index contributed by atoms with van der Waals surface area (Å²) in [6.45, 7) is 8.05. The molecule has 0 saturated carbocycles. The van der Waals surface area contributed by atoms with Crippen molar-refractivity contribution in [2.75, 3.05) is 13.1 Å². The first-order chi connectivity index (χ1) is 13.3. The number of nitrogens with zero attached hydrogens (tertiary/aromatic N) is 2. The van der Waals surface area contributed by atoms with Gasteiger partial charge in [-0.2, -0.15) is 0 Å². The Labute approximate surface area is 174 Å². The number of halogens is 1. The minimum Gasteiger partial charge on any atom is -0.392 e. The van der Waals surface area contributed by atoms with E-state index in [0.29, 0.717) is 35.2 Å². The molecule has 0 saturated heterocycles. The smallest absolute Gasteiger partial charge is 0.260 e. The first-order valence-electron chi connectivity index (χ1n) is 9.50. The monoisotopic (exact) mass is 419 g/mol. The van der Waals surface area contributed by atoms with Crippen molar-refractivity contribution in [3.8, 4) is 11.1 Å². The lowest BCUT2D eigenvalue weighted by molar-refractivity contribution is 0.117. The Morgan fingerprint density at radius 3 is 2.61 bits per heavy atom. The van der Waals surface area contributed by atoms with E-state index in [-0.39, 0.29) is 5.56 Å². The number of aliphatic hydroxyl groups is 1. The highest BCUT2D eigenvalue weighted by Gasteiger charge is 2.16. The Balaban J connectivity index is 1.89. The molecule has 0 spiro atoms. The highest BCUT2D eigenvalue weighted by atomic mass is 35.5. The number of rotatable bonds is 8. The second kappa shape index (κ2) is 9.18. The van der Waals surface area contributed by atoms with Crippen molar-refractivity contribution in [1.82, 2.24) is 14.9 Å². The lowest BCUT2D eigenvalue weighted by Gasteiger charge is -2.24. The summed E-state index contributed by atoms with van der Waals surface area (Å²) in [5.41, 5.74) is 1.69. The van der Waals surface area contributed by atoms with Crippen LogP contribution in [0.4, 0.5) is 0 Å². The van der Waals surface area contributed by atoms with Gasteiger partial charge >= 0.3 is 0 Å². The van der Waals surface area contributed by atoms with Gasteiger partial charge in [-0.25, -0.2) is 4.98 Å². The fourth-order valence-corrected chi connectivity index (χ4v) is 4.26. The number of hydrogen-bond acceptors (Lipinski definition) is 5. The van der Waals surface area contributed by atoms with E-state index in [1.807, 2.05) is 29.6 Å². The van der Waals surface area contributed by atoms with Crippen LogP contribution < -0.4 is 5.56 Å². The van der Waals surface area contributed by atoms with Gasteiger partial charge in [0.25, 0.3) is 5.56 Å². The number of H-pyrrole nitrogens is 1. The predicted molar refractivity (Wildman–Crippen MR) is 117 cm³/mol. The maximum absolute atomic E-state index is 12.8. The highest BCUT2D eigenvalue weighted by molar-refractivity contribution is 7.17. The minimum atomic E-state index is -0.430. The van der Waals surface area contributed by atoms with E-state index in [9.17, 15) is 9.90 Å². The summed E-state index contributed by atoms with van der Waals surface area (Å²) in [4.78, 5) is 23.3. The van der Waals surface area contributed by atoms with Gasteiger partial charge in [-0.15, -0.1) is 11.3 Å². The van der Waals surface area contributed by atoms with Crippen LogP contribution in [-0.2, 0) is 6.54 Å². The highest BCUT2D eigenvalue weighted by Crippen LogP contribution is 2.31. The van der Waals surface area contributed by atoms with Crippen molar-refractivity contribution in [2.24, 2.45) is 5.92 Å². The van der Waals surface area contributed by atoms with E-state index in [1.165, 1.54) is 11.3 Å². The number of hydrogen-bond donors (Lipinski definition) is 2. The first kappa shape index (κ1) is 21.0. The molecule has 0 radical (unpaired) electrons. The van der Waals surface area contributed by atoms with Crippen molar-refractivity contribution >= 4 is 33.2 Å². The maximum atomic E-state index is 12.8. The van der Waals surface area contributed by atoms with E-state index in [2.05, 4.69) is 28.7 Å². The molecule has 0 aliphatic carbocycles. The van der Waals surface area contributed by atoms with Crippen LogP contribution >= 0.6 is 22.9 Å². The van der Waals surface area contributed by atoms with Crippen molar-refractivity contribution in [2.45, 2.75) is 39.8 Å². The summed E-state index contributed by atoms with van der Waals surface area (Å²) in [5.74, 6) is 1.21. The van der Waals surface area contributed by atoms with Gasteiger partial charge in [-0.3, -0.25) is 9.69 Å². The number of thiophene rings is 1. The SMILES string of the molecule is CC(C)CCN(Cc1nc2scc(-c3ccc(Cl)cc3)c2c(=O)[nH]1)C[C@@H](C)O. The Hall–Kier alpha value is -1.73. The molecule has 2 aromatic heterocycles. The summed E-state index contributed by atoms with van der Waals surface area (Å²) in [6, 6.07) is 7.46. The Morgan fingerprint density at radius 1 is 1.25 bits per heavy atom. The maximum Gasteiger partial charge on any atom is 0.260 e. The summed E-state index contributed by atoms with van der Waals surface area (Å²) in [6.07, 6.45) is 0.597. The van der Waals surface area contributed by atoms with Crippen LogP contribution in [0.5, 0.6) is 0 Å². The molecule has 5 nitrogen and oxygen atoms in total. The van der Waals surface area contributed by atoms with Crippen LogP contribution in [0.2, 0.25) is 5.02 Å². The van der Waals surface area contributed by atoms with Gasteiger partial charge in [0.15, 0.2) is 0 Å². The van der Waals surface area contributed by atoms with Gasteiger partial charge in [-0.1, -0.05) is 37.6 Å². The Kier molecular flexibility index (Phi) is 6.88. The molecule has 7 heteroatoms. The molecular formula is C21H26ClN3O2S. The zero-order valence-corrected chi connectivity index (χ0v) is 18.0. The number of nitrogens with one attached hydrogen (secondary N) is 1. The lowest BCUT2D eigenvalue weighted by Crippen LogP contribution is -2.33. The van der Waals surface area contributed by atoms with Crippen LogP contribution in [0.25, 0.3) is 21.3 Å². The number of fused-ring (bicyclic) bond motifs is 1. The molecule has 0 bridgehead atoms. The molecule has 150 valence electrons. The fourth-order valence-electron chi connectivity index (χ4n) is 3.17. The average Bonchev–Trinajstić information content (AvgIpc) is 3.04. The number of aromatic nitrogens is 2. The standard InChI is InChI=1S/C21H26ClN3O2S/c1-13(2)8-9-25(10-14(3)26)11-18-23-20(27)19-17(12-28-21(19)24-18)15-4-6-16(22)7-5-15/h4-7,12-14,26H,8-11H2,1-3H3,(H,23,24,27)/t14-/m1/s1. The first-order valence-corrected chi connectivity index (χ1v) is 10.8. The number of aliphatic hydroxyl groups excluding tert-OH is 1. The molecule has 2 heterocycles. The molecular weight excluding hydrogens is 394 g/mol. The van der Waals surface area contributed by atoms with Crippen LogP contribution in [0.3, 0.4) is 0 Å². The van der Waals surface area contributed by atoms with E-state index in [0.717, 1.165) is 28.9 Å². The third-order valence-electron chi connectivity index (χ3n) is 4.57. The summed E-state index contributed by atoms with van der Waals surface area (Å²) in [5, 5.41) is 13.0. The van der Waals surface area contributed by atoms with E-state index in [1.54, 1.807) is 6.92 Å². The van der Waals surface area contributed by atoms with E-state index in [4.69, 9.17) is 11.6 Å². The molecule has 1 aromatic carbocycles. The molecule has 0 aliphatic heterocycles. The number of aromatic amines is 1. The largest absolute Gasteiger partial charge is 0.392 e. The topological polar surface area (TPSA) is 69.2 Å². The van der Waals surface area contributed by atoms with Gasteiger partial charge < -0.3 is 10.1 Å². The Bertz CT molecular complexity index is 979. The average molecular weight is 420 g/mol. The van der Waals surface area contributed by atoms with Gasteiger partial charge in [0.2, 0.25) is 0 Å². The van der Waals surface area contributed by atoms with Crippen molar-refractivity contribution < 1.29 is 5.11 Å². The molecule has 3 aromatic rings. The molecule has 2 N–H and O–H groups in total. The van der Waals surface area contributed by atoms with Gasteiger partial charge in [-0.05, 0) is 43.5 Å². The van der Waals surface area contributed by atoms with Gasteiger partial charge in [0, 0.05) is 22.5 Å². The van der Waals surface area contributed by atoms with Gasteiger partial charge in [0.1, 0.15) is 10.7 Å². The third kappa shape index (κ3) is 5.20. The van der Waals surface area contributed by atoms with Crippen LogP contribution in [0.1, 0.15) is 33.0 Å². The number of benzene rings is 1. The summed E-state index contributed by atoms with van der Waals surface area (Å²) >= 11 is 7.44. The molecule has 28 heavy (non-hydrogen) atoms. The molecule has 0 aliphatic rings. The molecule has 0 fully saturated rings. The summed E-state index contributed by atoms with van der Waals surface area (Å²) < 4.78 is 0. The lowest BCUT2D eigenvalue weighted by atomic mass is 10.1. The van der Waals surface area contributed by atoms with Crippen LogP contribution in [0.15, 0.2) is 34.4 Å². The minimum absolute atomic E-state index is 0.132. The normalized spacial score (nSPS) is 13.0. The summed E-state index contributed by atoms with van der Waals surface area (Å²) in [7, 11) is 0. The molecule has 1 atom stereocenters. The van der Waals surface area contributed by atoms with Crippen LogP contribution in [-0.4, -0.2) is 39.2 Å². The molecule has 3 rings (SSSR count). The fraction of sp³-hybridized carbons (Fsp3) is 0.429. The third-order valence-corrected chi connectivity index (χ3v) is 5.69. The van der Waals surface area contributed by atoms with E-state index >= 15 is 0 Å². The van der Waals surface area contributed by atoms with Crippen molar-refractivity contribution in [3.05, 3.63) is 50.8 Å².